The molecule has 1 heterocycles. The van der Waals surface area contributed by atoms with Gasteiger partial charge in [0.25, 0.3) is 0 Å². The number of carbonyl (C=O) groups is 2. The molecule has 1 amide bonds. The number of rotatable bonds is 3. The van der Waals surface area contributed by atoms with Crippen molar-refractivity contribution in [3.8, 4) is 0 Å². The summed E-state index contributed by atoms with van der Waals surface area (Å²) < 4.78 is 0.978. The van der Waals surface area contributed by atoms with Crippen molar-refractivity contribution in [1.82, 2.24) is 4.90 Å². The average Bonchev–Trinajstić information content (AvgIpc) is 3.16. The second-order valence-electron chi connectivity index (χ2n) is 6.23. The number of aliphatic carboxylic acids is 1. The molecule has 1 unspecified atom stereocenters. The molecule has 3 rings (SSSR count). The third-order valence-electron chi connectivity index (χ3n) is 4.90. The molecule has 112 valence electrons. The van der Waals surface area contributed by atoms with Gasteiger partial charge in [0, 0.05) is 11.0 Å². The van der Waals surface area contributed by atoms with E-state index in [1.165, 1.54) is 0 Å². The molecule has 1 aromatic rings. The molecule has 0 radical (unpaired) electrons. The number of likely N-dealkylation sites (tertiary alicyclic amines) is 1. The molecule has 0 aromatic heterocycles. The van der Waals surface area contributed by atoms with E-state index in [0.29, 0.717) is 13.0 Å². The number of hydrogen-bond donors (Lipinski definition) is 1. The fourth-order valence-corrected chi connectivity index (χ4v) is 3.55. The van der Waals surface area contributed by atoms with Gasteiger partial charge in [-0.15, -0.1) is 0 Å². The lowest BCUT2D eigenvalue weighted by molar-refractivity contribution is -0.156. The Bertz CT molecular complexity index is 594. The zero-order valence-electron chi connectivity index (χ0n) is 11.9. The number of nitrogens with zero attached hydrogens (tertiary/aromatic N) is 1. The average molecular weight is 352 g/mol. The van der Waals surface area contributed by atoms with Gasteiger partial charge in [0.15, 0.2) is 0 Å². The van der Waals surface area contributed by atoms with Gasteiger partial charge in [-0.05, 0) is 50.3 Å². The van der Waals surface area contributed by atoms with Gasteiger partial charge in [-0.25, -0.2) is 4.79 Å². The van der Waals surface area contributed by atoms with E-state index in [1.807, 2.05) is 24.3 Å². The lowest BCUT2D eigenvalue weighted by Gasteiger charge is -2.34. The number of hydrogen-bond acceptors (Lipinski definition) is 2. The van der Waals surface area contributed by atoms with E-state index < -0.39 is 16.9 Å². The maximum Gasteiger partial charge on any atom is 0.329 e. The largest absolute Gasteiger partial charge is 0.480 e. The Morgan fingerprint density at radius 2 is 1.81 bits per heavy atom. The van der Waals surface area contributed by atoms with Crippen molar-refractivity contribution < 1.29 is 14.7 Å². The first-order valence-electron chi connectivity index (χ1n) is 7.22. The first-order valence-corrected chi connectivity index (χ1v) is 8.01. The molecule has 21 heavy (non-hydrogen) atoms. The van der Waals surface area contributed by atoms with E-state index in [9.17, 15) is 14.7 Å². The Morgan fingerprint density at radius 1 is 1.19 bits per heavy atom. The van der Waals surface area contributed by atoms with Gasteiger partial charge in [0.2, 0.25) is 5.91 Å². The molecule has 1 N–H and O–H groups in total. The van der Waals surface area contributed by atoms with Crippen molar-refractivity contribution in [2.75, 3.05) is 6.54 Å². The van der Waals surface area contributed by atoms with Crippen LogP contribution in [0.25, 0.3) is 0 Å². The first kappa shape index (κ1) is 14.6. The van der Waals surface area contributed by atoms with Crippen LogP contribution in [-0.4, -0.2) is 34.0 Å². The lowest BCUT2D eigenvalue weighted by Crippen LogP contribution is -2.53. The normalized spacial score (nSPS) is 26.7. The van der Waals surface area contributed by atoms with Crippen LogP contribution in [0.5, 0.6) is 0 Å². The SMILES string of the molecule is CC1(C(=O)O)CCCN1C(=O)C1(c2ccc(Br)cc2)CC1. The smallest absolute Gasteiger partial charge is 0.329 e. The number of carboxylic acid groups (broad SMARTS) is 1. The molecule has 0 bridgehead atoms. The van der Waals surface area contributed by atoms with Gasteiger partial charge in [0.1, 0.15) is 5.54 Å². The van der Waals surface area contributed by atoms with Crippen LogP contribution >= 0.6 is 15.9 Å². The summed E-state index contributed by atoms with van der Waals surface area (Å²) in [6.45, 7) is 2.21. The van der Waals surface area contributed by atoms with E-state index in [2.05, 4.69) is 15.9 Å². The second-order valence-corrected chi connectivity index (χ2v) is 7.14. The quantitative estimate of drug-likeness (QED) is 0.910. The molecule has 1 saturated carbocycles. The van der Waals surface area contributed by atoms with Crippen LogP contribution in [0.3, 0.4) is 0 Å². The third-order valence-corrected chi connectivity index (χ3v) is 5.43. The van der Waals surface area contributed by atoms with Crippen LogP contribution in [0.15, 0.2) is 28.7 Å². The molecule has 4 nitrogen and oxygen atoms in total. The minimum atomic E-state index is -1.05. The predicted molar refractivity (Wildman–Crippen MR) is 82.0 cm³/mol. The highest BCUT2D eigenvalue weighted by molar-refractivity contribution is 9.10. The molecular formula is C16H18BrNO3. The summed E-state index contributed by atoms with van der Waals surface area (Å²) in [6, 6.07) is 7.79. The van der Waals surface area contributed by atoms with E-state index in [1.54, 1.807) is 11.8 Å². The standard InChI is InChI=1S/C16H18BrNO3/c1-15(14(20)21)7-2-10-18(15)13(19)16(8-9-16)11-3-5-12(17)6-4-11/h3-6H,2,7-10H2,1H3,(H,20,21). The third kappa shape index (κ3) is 2.18. The van der Waals surface area contributed by atoms with Gasteiger partial charge < -0.3 is 10.0 Å². The maximum absolute atomic E-state index is 13.0. The fraction of sp³-hybridized carbons (Fsp3) is 0.500. The van der Waals surface area contributed by atoms with Crippen molar-refractivity contribution in [2.24, 2.45) is 0 Å². The Balaban J connectivity index is 1.91. The number of amides is 1. The molecule has 1 aliphatic carbocycles. The maximum atomic E-state index is 13.0. The van der Waals surface area contributed by atoms with Gasteiger partial charge in [-0.3, -0.25) is 4.79 Å². The minimum Gasteiger partial charge on any atom is -0.480 e. The van der Waals surface area contributed by atoms with Crippen molar-refractivity contribution in [3.05, 3.63) is 34.3 Å². The molecule has 1 aromatic carbocycles. The molecule has 1 atom stereocenters. The van der Waals surface area contributed by atoms with E-state index in [0.717, 1.165) is 29.3 Å². The van der Waals surface area contributed by atoms with E-state index >= 15 is 0 Å². The van der Waals surface area contributed by atoms with Crippen molar-refractivity contribution in [2.45, 2.75) is 43.6 Å². The number of carbonyl (C=O) groups excluding carboxylic acids is 1. The van der Waals surface area contributed by atoms with Crippen LogP contribution in [-0.2, 0) is 15.0 Å². The van der Waals surface area contributed by atoms with Crippen LogP contribution in [0.4, 0.5) is 0 Å². The van der Waals surface area contributed by atoms with Crippen LogP contribution in [0.2, 0.25) is 0 Å². The Labute approximate surface area is 132 Å². The molecule has 5 heteroatoms. The Morgan fingerprint density at radius 3 is 2.33 bits per heavy atom. The molecule has 2 aliphatic rings. The topological polar surface area (TPSA) is 57.6 Å². The summed E-state index contributed by atoms with van der Waals surface area (Å²) in [7, 11) is 0. The lowest BCUT2D eigenvalue weighted by atomic mass is 9.91. The van der Waals surface area contributed by atoms with Gasteiger partial charge >= 0.3 is 5.97 Å². The van der Waals surface area contributed by atoms with Gasteiger partial charge in [0.05, 0.1) is 5.41 Å². The summed E-state index contributed by atoms with van der Waals surface area (Å²) in [6.07, 6.45) is 2.90. The zero-order chi connectivity index (χ0) is 15.3. The van der Waals surface area contributed by atoms with Crippen LogP contribution < -0.4 is 0 Å². The number of carboxylic acids is 1. The molecule has 0 spiro atoms. The molecule has 1 aliphatic heterocycles. The number of benzene rings is 1. The van der Waals surface area contributed by atoms with Crippen molar-refractivity contribution >= 4 is 27.8 Å². The fourth-order valence-electron chi connectivity index (χ4n) is 3.29. The molecule has 2 fully saturated rings. The first-order chi connectivity index (χ1) is 9.90. The van der Waals surface area contributed by atoms with E-state index in [-0.39, 0.29) is 5.91 Å². The highest BCUT2D eigenvalue weighted by Gasteiger charge is 2.58. The van der Waals surface area contributed by atoms with Crippen LogP contribution in [0, 0.1) is 0 Å². The van der Waals surface area contributed by atoms with Crippen molar-refractivity contribution in [3.63, 3.8) is 0 Å². The summed E-state index contributed by atoms with van der Waals surface area (Å²) in [5.74, 6) is -0.924. The Kier molecular flexibility index (Phi) is 3.35. The highest BCUT2D eigenvalue weighted by Crippen LogP contribution is 2.51. The van der Waals surface area contributed by atoms with Crippen molar-refractivity contribution in [1.29, 1.82) is 0 Å². The second kappa shape index (κ2) is 4.83. The summed E-state index contributed by atoms with van der Waals surface area (Å²) in [4.78, 5) is 26.1. The zero-order valence-corrected chi connectivity index (χ0v) is 13.5. The minimum absolute atomic E-state index is 0.0211. The highest BCUT2D eigenvalue weighted by atomic mass is 79.9. The summed E-state index contributed by atoms with van der Waals surface area (Å²) >= 11 is 3.40. The molecular weight excluding hydrogens is 334 g/mol. The summed E-state index contributed by atoms with van der Waals surface area (Å²) in [5.41, 5.74) is -0.556. The predicted octanol–water partition coefficient (Wildman–Crippen LogP) is 2.95. The van der Waals surface area contributed by atoms with Crippen LogP contribution in [0.1, 0.15) is 38.2 Å². The Hall–Kier alpha value is -1.36. The molecule has 1 saturated heterocycles. The van der Waals surface area contributed by atoms with E-state index in [4.69, 9.17) is 0 Å². The summed E-state index contributed by atoms with van der Waals surface area (Å²) in [5, 5.41) is 9.48. The monoisotopic (exact) mass is 351 g/mol. The van der Waals surface area contributed by atoms with Gasteiger partial charge in [-0.1, -0.05) is 28.1 Å². The number of halogens is 1. The van der Waals surface area contributed by atoms with Gasteiger partial charge in [-0.2, -0.15) is 0 Å².